The van der Waals surface area contributed by atoms with Gasteiger partial charge in [0.1, 0.15) is 0 Å². The zero-order valence-corrected chi connectivity index (χ0v) is 15.6. The summed E-state index contributed by atoms with van der Waals surface area (Å²) in [7, 11) is 0. The Bertz CT molecular complexity index is 555. The average Bonchev–Trinajstić information content (AvgIpc) is 3.03. The Morgan fingerprint density at radius 3 is 2.37 bits per heavy atom. The van der Waals surface area contributed by atoms with E-state index in [1.807, 2.05) is 11.3 Å². The summed E-state index contributed by atoms with van der Waals surface area (Å²) in [5, 5.41) is 5.85. The van der Waals surface area contributed by atoms with E-state index in [1.54, 1.807) is 0 Å². The van der Waals surface area contributed by atoms with Crippen LogP contribution in [0.15, 0.2) is 43.1 Å². The van der Waals surface area contributed by atoms with Crippen molar-refractivity contribution >= 4 is 64.8 Å². The smallest absolute Gasteiger partial charge is 0.0635 e. The SMILES string of the molecule is Brc1cc(Br)c(NC(c2cccs2)C2CC2)c(Br)c1. The Hall–Kier alpha value is 0.160. The first-order valence-electron chi connectivity index (χ1n) is 6.09. The van der Waals surface area contributed by atoms with Crippen molar-refractivity contribution in [2.75, 3.05) is 5.32 Å². The second-order valence-electron chi connectivity index (χ2n) is 4.72. The first-order valence-corrected chi connectivity index (χ1v) is 9.35. The van der Waals surface area contributed by atoms with E-state index in [2.05, 4.69) is 82.8 Å². The van der Waals surface area contributed by atoms with E-state index in [0.717, 1.165) is 25.0 Å². The quantitative estimate of drug-likeness (QED) is 0.536. The van der Waals surface area contributed by atoms with Crippen LogP contribution in [0.5, 0.6) is 0 Å². The highest BCUT2D eigenvalue weighted by molar-refractivity contribution is 9.11. The third kappa shape index (κ3) is 3.26. The van der Waals surface area contributed by atoms with Gasteiger partial charge in [0.05, 0.1) is 11.7 Å². The molecular formula is C14H12Br3NS. The van der Waals surface area contributed by atoms with Gasteiger partial charge in [-0.1, -0.05) is 22.0 Å². The maximum Gasteiger partial charge on any atom is 0.0635 e. The zero-order valence-electron chi connectivity index (χ0n) is 10.00. The third-order valence-electron chi connectivity index (χ3n) is 3.25. The Morgan fingerprint density at radius 2 is 1.84 bits per heavy atom. The molecule has 1 nitrogen and oxygen atoms in total. The molecule has 2 aromatic rings. The van der Waals surface area contributed by atoms with Crippen molar-refractivity contribution in [1.82, 2.24) is 0 Å². The number of hydrogen-bond acceptors (Lipinski definition) is 2. The van der Waals surface area contributed by atoms with Crippen molar-refractivity contribution in [3.8, 4) is 0 Å². The van der Waals surface area contributed by atoms with Crippen LogP contribution in [0.2, 0.25) is 0 Å². The van der Waals surface area contributed by atoms with Crippen LogP contribution in [-0.4, -0.2) is 0 Å². The first-order chi connectivity index (χ1) is 9.15. The standard InChI is InChI=1S/C14H12Br3NS/c15-9-6-10(16)14(11(17)7-9)18-13(8-3-4-8)12-2-1-5-19-12/h1-2,5-8,13,18H,3-4H2. The Morgan fingerprint density at radius 1 is 1.16 bits per heavy atom. The Balaban J connectivity index is 1.91. The van der Waals surface area contributed by atoms with E-state index in [9.17, 15) is 0 Å². The number of halogens is 3. The molecule has 1 atom stereocenters. The molecule has 3 rings (SSSR count). The molecule has 1 saturated carbocycles. The number of benzene rings is 1. The minimum atomic E-state index is 0.425. The summed E-state index contributed by atoms with van der Waals surface area (Å²) in [6.45, 7) is 0. The summed E-state index contributed by atoms with van der Waals surface area (Å²) in [6, 6.07) is 8.93. The van der Waals surface area contributed by atoms with Crippen LogP contribution in [0, 0.1) is 5.92 Å². The number of thiophene rings is 1. The number of rotatable bonds is 4. The van der Waals surface area contributed by atoms with Gasteiger partial charge in [0.15, 0.2) is 0 Å². The maximum atomic E-state index is 3.70. The molecule has 5 heteroatoms. The van der Waals surface area contributed by atoms with Crippen LogP contribution < -0.4 is 5.32 Å². The van der Waals surface area contributed by atoms with E-state index in [1.165, 1.54) is 17.7 Å². The fourth-order valence-electron chi connectivity index (χ4n) is 2.15. The van der Waals surface area contributed by atoms with Gasteiger partial charge in [-0.25, -0.2) is 0 Å². The summed E-state index contributed by atoms with van der Waals surface area (Å²) in [5.74, 6) is 0.765. The van der Waals surface area contributed by atoms with Gasteiger partial charge in [-0.05, 0) is 74.2 Å². The molecule has 1 fully saturated rings. The van der Waals surface area contributed by atoms with Crippen LogP contribution >= 0.6 is 59.1 Å². The molecule has 1 aromatic carbocycles. The molecule has 19 heavy (non-hydrogen) atoms. The minimum Gasteiger partial charge on any atom is -0.375 e. The van der Waals surface area contributed by atoms with E-state index < -0.39 is 0 Å². The number of anilines is 1. The van der Waals surface area contributed by atoms with Gasteiger partial charge < -0.3 is 5.32 Å². The van der Waals surface area contributed by atoms with E-state index in [0.29, 0.717) is 6.04 Å². The Kier molecular flexibility index (Phi) is 4.37. The molecule has 1 aromatic heterocycles. The van der Waals surface area contributed by atoms with Crippen LogP contribution in [0.1, 0.15) is 23.8 Å². The van der Waals surface area contributed by atoms with Crippen molar-refractivity contribution in [3.05, 3.63) is 47.9 Å². The van der Waals surface area contributed by atoms with Crippen molar-refractivity contribution in [2.24, 2.45) is 5.92 Å². The maximum absolute atomic E-state index is 3.70. The number of nitrogens with one attached hydrogen (secondary N) is 1. The lowest BCUT2D eigenvalue weighted by molar-refractivity contribution is 0.690. The lowest BCUT2D eigenvalue weighted by atomic mass is 10.1. The summed E-state index contributed by atoms with van der Waals surface area (Å²) >= 11 is 12.6. The molecule has 0 radical (unpaired) electrons. The third-order valence-corrected chi connectivity index (χ3v) is 5.91. The van der Waals surface area contributed by atoms with E-state index >= 15 is 0 Å². The molecule has 100 valence electrons. The van der Waals surface area contributed by atoms with Crippen molar-refractivity contribution < 1.29 is 0 Å². The van der Waals surface area contributed by atoms with E-state index in [-0.39, 0.29) is 0 Å². The average molecular weight is 466 g/mol. The summed E-state index contributed by atoms with van der Waals surface area (Å²) < 4.78 is 3.22. The minimum absolute atomic E-state index is 0.425. The lowest BCUT2D eigenvalue weighted by Gasteiger charge is -2.20. The second-order valence-corrected chi connectivity index (χ2v) is 8.32. The molecule has 1 aliphatic rings. The topological polar surface area (TPSA) is 12.0 Å². The van der Waals surface area contributed by atoms with Crippen LogP contribution in [0.25, 0.3) is 0 Å². The molecule has 0 aliphatic heterocycles. The highest BCUT2D eigenvalue weighted by Gasteiger charge is 2.33. The molecule has 1 heterocycles. The molecule has 1 aliphatic carbocycles. The van der Waals surface area contributed by atoms with Crippen molar-refractivity contribution in [1.29, 1.82) is 0 Å². The number of hydrogen-bond donors (Lipinski definition) is 1. The van der Waals surface area contributed by atoms with Gasteiger partial charge in [-0.3, -0.25) is 0 Å². The molecule has 0 spiro atoms. The predicted octanol–water partition coefficient (Wildman–Crippen LogP) is 6.60. The van der Waals surface area contributed by atoms with Crippen molar-refractivity contribution in [2.45, 2.75) is 18.9 Å². The fourth-order valence-corrected chi connectivity index (χ4v) is 5.51. The monoisotopic (exact) mass is 463 g/mol. The van der Waals surface area contributed by atoms with Gasteiger partial charge >= 0.3 is 0 Å². The highest BCUT2D eigenvalue weighted by Crippen LogP contribution is 2.46. The summed E-state index contributed by atoms with van der Waals surface area (Å²) in [5.41, 5.74) is 1.13. The van der Waals surface area contributed by atoms with Gasteiger partial charge in [0.2, 0.25) is 0 Å². The summed E-state index contributed by atoms with van der Waals surface area (Å²) in [6.07, 6.45) is 2.64. The van der Waals surface area contributed by atoms with Crippen molar-refractivity contribution in [3.63, 3.8) is 0 Å². The predicted molar refractivity (Wildman–Crippen MR) is 92.9 cm³/mol. The van der Waals surface area contributed by atoms with Gasteiger partial charge in [0.25, 0.3) is 0 Å². The molecule has 0 amide bonds. The molecule has 1 unspecified atom stereocenters. The largest absolute Gasteiger partial charge is 0.375 e. The highest BCUT2D eigenvalue weighted by atomic mass is 79.9. The van der Waals surface area contributed by atoms with Crippen LogP contribution in [0.4, 0.5) is 5.69 Å². The van der Waals surface area contributed by atoms with Gasteiger partial charge in [0, 0.05) is 18.3 Å². The van der Waals surface area contributed by atoms with Gasteiger partial charge in [-0.15, -0.1) is 11.3 Å². The lowest BCUT2D eigenvalue weighted by Crippen LogP contribution is -2.12. The normalized spacial score (nSPS) is 16.4. The first kappa shape index (κ1) is 14.1. The van der Waals surface area contributed by atoms with E-state index in [4.69, 9.17) is 0 Å². The van der Waals surface area contributed by atoms with Gasteiger partial charge in [-0.2, -0.15) is 0 Å². The summed E-state index contributed by atoms with van der Waals surface area (Å²) in [4.78, 5) is 1.42. The van der Waals surface area contributed by atoms with Crippen LogP contribution in [-0.2, 0) is 0 Å². The molecule has 0 bridgehead atoms. The molecule has 1 N–H and O–H groups in total. The fraction of sp³-hybridized carbons (Fsp3) is 0.286. The van der Waals surface area contributed by atoms with Crippen LogP contribution in [0.3, 0.4) is 0 Å². The second kappa shape index (κ2) is 5.88. The molecular weight excluding hydrogens is 454 g/mol. The Labute approximate surface area is 142 Å². The zero-order chi connectivity index (χ0) is 13.4. The molecule has 0 saturated heterocycles.